The Morgan fingerprint density at radius 3 is 2.00 bits per heavy atom. The standard InChI is InChI=1S/C21H33NO3.Ag/c1-2-3-4-5-6-7-8-9-13-16-20(23)22-19(21(24)25)17-18-14-11-10-12-15-18;/h10-12,14-15,19H,2-9,13,16-17H2,1H3,(H,22,23)(H,24,25);/t19-;/m0./s1. The molecule has 26 heavy (non-hydrogen) atoms. The Morgan fingerprint density at radius 1 is 0.923 bits per heavy atom. The summed E-state index contributed by atoms with van der Waals surface area (Å²) < 4.78 is 0. The number of benzene rings is 1. The van der Waals surface area contributed by atoms with Crippen molar-refractivity contribution in [3.05, 3.63) is 35.9 Å². The normalized spacial score (nSPS) is 11.4. The van der Waals surface area contributed by atoms with Crippen LogP contribution in [0.25, 0.3) is 0 Å². The molecule has 1 aromatic rings. The zero-order valence-electron chi connectivity index (χ0n) is 15.8. The van der Waals surface area contributed by atoms with Crippen LogP contribution in [-0.2, 0) is 38.4 Å². The summed E-state index contributed by atoms with van der Waals surface area (Å²) in [6.07, 6.45) is 11.5. The topological polar surface area (TPSA) is 66.4 Å². The second-order valence-corrected chi connectivity index (χ2v) is 6.73. The molecule has 151 valence electrons. The molecular weight excluding hydrogens is 422 g/mol. The Balaban J connectivity index is 0.00000625. The van der Waals surface area contributed by atoms with E-state index in [0.29, 0.717) is 12.8 Å². The summed E-state index contributed by atoms with van der Waals surface area (Å²) >= 11 is 0. The van der Waals surface area contributed by atoms with E-state index in [9.17, 15) is 14.7 Å². The van der Waals surface area contributed by atoms with Gasteiger partial charge < -0.3 is 10.4 Å². The van der Waals surface area contributed by atoms with E-state index in [2.05, 4.69) is 12.2 Å². The van der Waals surface area contributed by atoms with Crippen LogP contribution in [0.15, 0.2) is 30.3 Å². The Bertz CT molecular complexity index is 493. The molecule has 0 unspecified atom stereocenters. The smallest absolute Gasteiger partial charge is 0.326 e. The molecule has 1 amide bonds. The SMILES string of the molecule is CCCCCCCCCCCC(=O)N[C@@H](Cc1ccccc1)C(=O)O.[Ag]. The molecule has 0 aliphatic carbocycles. The first-order chi connectivity index (χ1) is 12.1. The van der Waals surface area contributed by atoms with Crippen molar-refractivity contribution in [3.63, 3.8) is 0 Å². The third-order valence-corrected chi connectivity index (χ3v) is 4.42. The summed E-state index contributed by atoms with van der Waals surface area (Å²) in [6, 6.07) is 8.54. The fraction of sp³-hybridized carbons (Fsp3) is 0.619. The van der Waals surface area contributed by atoms with Crippen LogP contribution in [0.1, 0.15) is 76.7 Å². The van der Waals surface area contributed by atoms with E-state index in [1.54, 1.807) is 0 Å². The van der Waals surface area contributed by atoms with E-state index in [4.69, 9.17) is 0 Å². The first-order valence-corrected chi connectivity index (χ1v) is 9.69. The van der Waals surface area contributed by atoms with Crippen molar-refractivity contribution in [2.45, 2.75) is 83.6 Å². The summed E-state index contributed by atoms with van der Waals surface area (Å²) in [6.45, 7) is 2.22. The summed E-state index contributed by atoms with van der Waals surface area (Å²) in [4.78, 5) is 23.3. The van der Waals surface area contributed by atoms with Gasteiger partial charge in [-0.05, 0) is 12.0 Å². The molecule has 1 rings (SSSR count). The molecule has 0 aromatic heterocycles. The molecule has 0 spiro atoms. The Labute approximate surface area is 173 Å². The Kier molecular flexibility index (Phi) is 15.4. The quantitative estimate of drug-likeness (QED) is 0.315. The first kappa shape index (κ1) is 24.9. The molecule has 1 aromatic carbocycles. The molecule has 2 N–H and O–H groups in total. The van der Waals surface area contributed by atoms with Crippen LogP contribution in [-0.4, -0.2) is 23.0 Å². The van der Waals surface area contributed by atoms with E-state index >= 15 is 0 Å². The van der Waals surface area contributed by atoms with Gasteiger partial charge in [0, 0.05) is 35.2 Å². The molecule has 1 radical (unpaired) electrons. The minimum absolute atomic E-state index is 0. The summed E-state index contributed by atoms with van der Waals surface area (Å²) in [5.74, 6) is -1.14. The fourth-order valence-corrected chi connectivity index (χ4v) is 2.91. The van der Waals surface area contributed by atoms with Gasteiger partial charge in [-0.15, -0.1) is 0 Å². The summed E-state index contributed by atoms with van der Waals surface area (Å²) in [5, 5.41) is 12.0. The van der Waals surface area contributed by atoms with Crippen molar-refractivity contribution in [3.8, 4) is 0 Å². The Hall–Kier alpha value is -1.10. The number of rotatable bonds is 14. The molecule has 5 heteroatoms. The molecule has 1 atom stereocenters. The van der Waals surface area contributed by atoms with Crippen molar-refractivity contribution in [1.82, 2.24) is 5.32 Å². The molecule has 0 aliphatic heterocycles. The molecule has 0 fully saturated rings. The average Bonchev–Trinajstić information content (AvgIpc) is 2.60. The van der Waals surface area contributed by atoms with Crippen LogP contribution in [0, 0.1) is 0 Å². The molecule has 0 saturated carbocycles. The number of hydrogen-bond acceptors (Lipinski definition) is 2. The van der Waals surface area contributed by atoms with E-state index in [-0.39, 0.29) is 28.3 Å². The number of carbonyl (C=O) groups is 2. The Morgan fingerprint density at radius 2 is 1.46 bits per heavy atom. The monoisotopic (exact) mass is 454 g/mol. The van der Waals surface area contributed by atoms with Gasteiger partial charge in [0.15, 0.2) is 0 Å². The molecular formula is C21H33AgNO3. The van der Waals surface area contributed by atoms with Gasteiger partial charge in [0.1, 0.15) is 6.04 Å². The predicted molar refractivity (Wildman–Crippen MR) is 102 cm³/mol. The third kappa shape index (κ3) is 12.3. The first-order valence-electron chi connectivity index (χ1n) is 9.69. The number of carbonyl (C=O) groups excluding carboxylic acids is 1. The van der Waals surface area contributed by atoms with E-state index in [1.807, 2.05) is 30.3 Å². The number of carboxylic acid groups (broad SMARTS) is 1. The summed E-state index contributed by atoms with van der Waals surface area (Å²) in [7, 11) is 0. The largest absolute Gasteiger partial charge is 0.480 e. The van der Waals surface area contributed by atoms with Crippen molar-refractivity contribution >= 4 is 11.9 Å². The van der Waals surface area contributed by atoms with Gasteiger partial charge >= 0.3 is 5.97 Å². The van der Waals surface area contributed by atoms with Crippen molar-refractivity contribution in [2.75, 3.05) is 0 Å². The van der Waals surface area contributed by atoms with Crippen LogP contribution in [0.2, 0.25) is 0 Å². The zero-order chi connectivity index (χ0) is 18.3. The maximum atomic E-state index is 12.0. The maximum absolute atomic E-state index is 12.0. The van der Waals surface area contributed by atoms with E-state index in [0.717, 1.165) is 24.8 Å². The van der Waals surface area contributed by atoms with Gasteiger partial charge in [-0.25, -0.2) is 4.79 Å². The molecule has 0 saturated heterocycles. The van der Waals surface area contributed by atoms with Crippen molar-refractivity contribution < 1.29 is 37.1 Å². The van der Waals surface area contributed by atoms with Gasteiger partial charge in [0.2, 0.25) is 5.91 Å². The van der Waals surface area contributed by atoms with Gasteiger partial charge in [0.25, 0.3) is 0 Å². The molecule has 4 nitrogen and oxygen atoms in total. The second kappa shape index (κ2) is 16.1. The van der Waals surface area contributed by atoms with Gasteiger partial charge in [-0.1, -0.05) is 88.6 Å². The predicted octanol–water partition coefficient (Wildman–Crippen LogP) is 4.72. The summed E-state index contributed by atoms with van der Waals surface area (Å²) in [5.41, 5.74) is 0.915. The zero-order valence-corrected chi connectivity index (χ0v) is 17.3. The third-order valence-electron chi connectivity index (χ3n) is 4.42. The molecule has 0 aliphatic rings. The van der Waals surface area contributed by atoms with Crippen LogP contribution >= 0.6 is 0 Å². The number of aliphatic carboxylic acids is 1. The molecule has 0 heterocycles. The van der Waals surface area contributed by atoms with Gasteiger partial charge in [-0.2, -0.15) is 0 Å². The number of hydrogen-bond donors (Lipinski definition) is 2. The van der Waals surface area contributed by atoms with E-state index < -0.39 is 12.0 Å². The van der Waals surface area contributed by atoms with Crippen LogP contribution < -0.4 is 5.32 Å². The van der Waals surface area contributed by atoms with Gasteiger partial charge in [0.05, 0.1) is 0 Å². The van der Waals surface area contributed by atoms with Crippen LogP contribution in [0.4, 0.5) is 0 Å². The van der Waals surface area contributed by atoms with E-state index in [1.165, 1.54) is 38.5 Å². The average molecular weight is 455 g/mol. The van der Waals surface area contributed by atoms with Gasteiger partial charge in [-0.3, -0.25) is 4.79 Å². The number of carboxylic acids is 1. The number of unbranched alkanes of at least 4 members (excludes halogenated alkanes) is 8. The number of amides is 1. The maximum Gasteiger partial charge on any atom is 0.326 e. The van der Waals surface area contributed by atoms with Crippen LogP contribution in [0.3, 0.4) is 0 Å². The van der Waals surface area contributed by atoms with Crippen LogP contribution in [0.5, 0.6) is 0 Å². The minimum atomic E-state index is -0.982. The van der Waals surface area contributed by atoms with Crippen molar-refractivity contribution in [1.29, 1.82) is 0 Å². The second-order valence-electron chi connectivity index (χ2n) is 6.73. The fourth-order valence-electron chi connectivity index (χ4n) is 2.91. The number of nitrogens with one attached hydrogen (secondary N) is 1. The minimum Gasteiger partial charge on any atom is -0.480 e. The van der Waals surface area contributed by atoms with Crippen molar-refractivity contribution in [2.24, 2.45) is 0 Å². The molecule has 0 bridgehead atoms.